The van der Waals surface area contributed by atoms with E-state index in [2.05, 4.69) is 15.3 Å². The monoisotopic (exact) mass is 476 g/mol. The second-order valence-electron chi connectivity index (χ2n) is 8.52. The maximum absolute atomic E-state index is 12.8. The van der Waals surface area contributed by atoms with Gasteiger partial charge in [0.2, 0.25) is 0 Å². The molecule has 4 heterocycles. The Bertz CT molecular complexity index is 1530. The number of nitrogens with one attached hydrogen (secondary N) is 2. The van der Waals surface area contributed by atoms with Gasteiger partial charge in [-0.05, 0) is 60.0 Å². The van der Waals surface area contributed by atoms with E-state index in [0.29, 0.717) is 18.5 Å². The number of ketones is 1. The quantitative estimate of drug-likeness (QED) is 0.282. The van der Waals surface area contributed by atoms with Crippen LogP contribution in [0.2, 0.25) is 0 Å². The van der Waals surface area contributed by atoms with Crippen molar-refractivity contribution >= 4 is 35.1 Å². The maximum Gasteiger partial charge on any atom is 0.261 e. The predicted octanol–water partition coefficient (Wildman–Crippen LogP) is 4.79. The summed E-state index contributed by atoms with van der Waals surface area (Å²) in [6.07, 6.45) is 13.3. The van der Waals surface area contributed by atoms with Crippen LogP contribution in [-0.2, 0) is 11.3 Å². The number of rotatable bonds is 8. The minimum atomic E-state index is -0.298. The van der Waals surface area contributed by atoms with E-state index in [9.17, 15) is 14.4 Å². The van der Waals surface area contributed by atoms with Gasteiger partial charge >= 0.3 is 0 Å². The molecule has 0 spiro atoms. The van der Waals surface area contributed by atoms with E-state index in [1.807, 2.05) is 66.9 Å². The number of aromatic amines is 1. The Hall–Kier alpha value is -4.78. The van der Waals surface area contributed by atoms with Crippen LogP contribution in [0.15, 0.2) is 90.3 Å². The molecule has 0 saturated carbocycles. The molecular weight excluding hydrogens is 452 g/mol. The molecule has 2 N–H and O–H groups in total. The summed E-state index contributed by atoms with van der Waals surface area (Å²) in [4.78, 5) is 45.1. The Balaban J connectivity index is 1.22. The number of benzene rings is 1. The zero-order valence-electron chi connectivity index (χ0n) is 19.5. The van der Waals surface area contributed by atoms with Crippen molar-refractivity contribution in [3.05, 3.63) is 124 Å². The predicted molar refractivity (Wildman–Crippen MR) is 140 cm³/mol. The van der Waals surface area contributed by atoms with Crippen LogP contribution in [-0.4, -0.2) is 26.2 Å². The lowest BCUT2D eigenvalue weighted by molar-refractivity contribution is -0.110. The highest BCUT2D eigenvalue weighted by molar-refractivity contribution is 6.34. The van der Waals surface area contributed by atoms with Gasteiger partial charge in [-0.1, -0.05) is 30.4 Å². The van der Waals surface area contributed by atoms with Crippen molar-refractivity contribution in [2.45, 2.75) is 19.4 Å². The van der Waals surface area contributed by atoms with Crippen LogP contribution in [0.3, 0.4) is 0 Å². The normalized spacial score (nSPS) is 13.8. The fraction of sp³-hybridized carbons (Fsp3) is 0.103. The molecule has 178 valence electrons. The van der Waals surface area contributed by atoms with Crippen LogP contribution >= 0.6 is 0 Å². The Morgan fingerprint density at radius 2 is 1.97 bits per heavy atom. The van der Waals surface area contributed by atoms with Crippen LogP contribution in [0.5, 0.6) is 0 Å². The second-order valence-corrected chi connectivity index (χ2v) is 8.52. The lowest BCUT2D eigenvalue weighted by Crippen LogP contribution is -2.26. The summed E-state index contributed by atoms with van der Waals surface area (Å²) in [7, 11) is 0. The molecule has 5 rings (SSSR count). The van der Waals surface area contributed by atoms with Crippen molar-refractivity contribution in [1.82, 2.24) is 14.5 Å². The first-order valence-electron chi connectivity index (χ1n) is 11.7. The lowest BCUT2D eigenvalue weighted by Gasteiger charge is -2.07. The van der Waals surface area contributed by atoms with Gasteiger partial charge in [-0.3, -0.25) is 19.4 Å². The third kappa shape index (κ3) is 5.00. The Labute approximate surface area is 207 Å². The van der Waals surface area contributed by atoms with E-state index >= 15 is 0 Å². The maximum atomic E-state index is 12.8. The molecule has 36 heavy (non-hydrogen) atoms. The number of anilines is 1. The number of hydrogen-bond donors (Lipinski definition) is 2. The summed E-state index contributed by atoms with van der Waals surface area (Å²) in [6.45, 7) is 0.366. The summed E-state index contributed by atoms with van der Waals surface area (Å²) < 4.78 is 1.53. The Morgan fingerprint density at radius 3 is 2.78 bits per heavy atom. The molecule has 0 radical (unpaired) electrons. The zero-order chi connectivity index (χ0) is 24.9. The molecule has 1 aromatic carbocycles. The Morgan fingerprint density at radius 1 is 1.06 bits per heavy atom. The van der Waals surface area contributed by atoms with E-state index in [-0.39, 0.29) is 29.2 Å². The molecule has 0 atom stereocenters. The van der Waals surface area contributed by atoms with Gasteiger partial charge in [-0.15, -0.1) is 0 Å². The number of Topliss-reactive ketones (excluding diaryl/α,β-unsaturated/α-hetero) is 1. The van der Waals surface area contributed by atoms with Crippen molar-refractivity contribution in [1.29, 1.82) is 0 Å². The standard InChI is InChI=1S/C29H24N4O3/c34-27(24-9-5-15-33(29(24)36)19-21-7-3-13-30-18-21)10-2-1-6-20-11-12-23-25(17-22-8-4-14-31-22)28(35)32-26(23)16-20/h1,3-9,11-18,31H,2,10,19H2,(H,32,35)/b6-1+,25-17-. The Kier molecular flexibility index (Phi) is 6.53. The third-order valence-electron chi connectivity index (χ3n) is 5.99. The smallest absolute Gasteiger partial charge is 0.261 e. The van der Waals surface area contributed by atoms with Crippen LogP contribution in [0.25, 0.3) is 17.7 Å². The molecule has 0 bridgehead atoms. The van der Waals surface area contributed by atoms with Crippen molar-refractivity contribution < 1.29 is 9.59 Å². The summed E-state index contributed by atoms with van der Waals surface area (Å²) in [5.41, 5.74) is 4.80. The number of hydrogen-bond acceptors (Lipinski definition) is 4. The highest BCUT2D eigenvalue weighted by Gasteiger charge is 2.24. The number of amides is 1. The number of fused-ring (bicyclic) bond motifs is 1. The summed E-state index contributed by atoms with van der Waals surface area (Å²) in [5, 5.41) is 2.91. The number of nitrogens with zero attached hydrogens (tertiary/aromatic N) is 2. The first-order chi connectivity index (χ1) is 17.6. The second kappa shape index (κ2) is 10.2. The van der Waals surface area contributed by atoms with Gasteiger partial charge in [-0.25, -0.2) is 0 Å². The fourth-order valence-electron chi connectivity index (χ4n) is 4.18. The van der Waals surface area contributed by atoms with E-state index in [4.69, 9.17) is 0 Å². The van der Waals surface area contributed by atoms with Crippen molar-refractivity contribution in [3.63, 3.8) is 0 Å². The third-order valence-corrected chi connectivity index (χ3v) is 5.99. The number of carbonyl (C=O) groups is 2. The van der Waals surface area contributed by atoms with Gasteiger partial charge < -0.3 is 14.9 Å². The molecule has 1 aliphatic heterocycles. The fourth-order valence-corrected chi connectivity index (χ4v) is 4.18. The molecule has 1 aliphatic rings. The molecule has 3 aromatic heterocycles. The minimum absolute atomic E-state index is 0.136. The molecule has 0 aliphatic carbocycles. The topological polar surface area (TPSA) is 96.8 Å². The summed E-state index contributed by atoms with van der Waals surface area (Å²) in [6, 6.07) is 16.6. The molecule has 0 unspecified atom stereocenters. The summed E-state index contributed by atoms with van der Waals surface area (Å²) in [5.74, 6) is -0.325. The van der Waals surface area contributed by atoms with Gasteiger partial charge in [-0.2, -0.15) is 0 Å². The van der Waals surface area contributed by atoms with Crippen molar-refractivity contribution in [2.75, 3.05) is 5.32 Å². The van der Waals surface area contributed by atoms with Crippen LogP contribution in [0.1, 0.15) is 45.6 Å². The van der Waals surface area contributed by atoms with Gasteiger partial charge in [0, 0.05) is 48.2 Å². The number of aromatic nitrogens is 3. The molecule has 0 saturated heterocycles. The SMILES string of the molecule is O=C1Nc2cc(/C=C/CCC(=O)c3cccn(Cc4cccnc4)c3=O)ccc2/C1=C/c1ccc[nH]1. The number of H-pyrrole nitrogens is 1. The number of carbonyl (C=O) groups excluding carboxylic acids is 2. The van der Waals surface area contributed by atoms with Crippen LogP contribution < -0.4 is 10.9 Å². The van der Waals surface area contributed by atoms with Gasteiger partial charge in [0.1, 0.15) is 0 Å². The zero-order valence-corrected chi connectivity index (χ0v) is 19.5. The molecule has 0 fully saturated rings. The van der Waals surface area contributed by atoms with E-state index in [0.717, 1.165) is 28.1 Å². The minimum Gasteiger partial charge on any atom is -0.362 e. The van der Waals surface area contributed by atoms with Gasteiger partial charge in [0.05, 0.1) is 17.7 Å². The van der Waals surface area contributed by atoms with Crippen LogP contribution in [0.4, 0.5) is 5.69 Å². The largest absolute Gasteiger partial charge is 0.362 e. The first kappa shape index (κ1) is 23.0. The number of pyridine rings is 2. The highest BCUT2D eigenvalue weighted by Crippen LogP contribution is 2.34. The van der Waals surface area contributed by atoms with E-state index < -0.39 is 0 Å². The van der Waals surface area contributed by atoms with Gasteiger partial charge in [0.25, 0.3) is 11.5 Å². The molecule has 7 heteroatoms. The van der Waals surface area contributed by atoms with Crippen LogP contribution in [0, 0.1) is 0 Å². The molecule has 1 amide bonds. The highest BCUT2D eigenvalue weighted by atomic mass is 16.2. The molecule has 4 aromatic rings. The molecular formula is C29H24N4O3. The van der Waals surface area contributed by atoms with Crippen molar-refractivity contribution in [3.8, 4) is 0 Å². The van der Waals surface area contributed by atoms with Crippen molar-refractivity contribution in [2.24, 2.45) is 0 Å². The van der Waals surface area contributed by atoms with E-state index in [1.165, 1.54) is 4.57 Å². The average molecular weight is 477 g/mol. The van der Waals surface area contributed by atoms with Gasteiger partial charge in [0.15, 0.2) is 5.78 Å². The average Bonchev–Trinajstić information content (AvgIpc) is 3.51. The molecule has 7 nitrogen and oxygen atoms in total. The van der Waals surface area contributed by atoms with E-state index in [1.54, 1.807) is 30.7 Å². The first-order valence-corrected chi connectivity index (χ1v) is 11.7. The lowest BCUT2D eigenvalue weighted by atomic mass is 10.0. The number of allylic oxidation sites excluding steroid dienone is 1. The summed E-state index contributed by atoms with van der Waals surface area (Å²) >= 11 is 0.